The van der Waals surface area contributed by atoms with E-state index in [1.165, 1.54) is 6.33 Å². The number of carbonyl (C=O) groups excluding carboxylic acids is 1. The number of aromatic nitrogens is 3. The van der Waals surface area contributed by atoms with Crippen LogP contribution in [0.15, 0.2) is 6.33 Å². The molecule has 0 radical (unpaired) electrons. The maximum absolute atomic E-state index is 11.3. The second kappa shape index (κ2) is 8.12. The summed E-state index contributed by atoms with van der Waals surface area (Å²) in [5, 5.41) is 9.27. The molecule has 16 heavy (non-hydrogen) atoms. The smallest absolute Gasteiger partial charge is 0.230 e. The van der Waals surface area contributed by atoms with Crippen molar-refractivity contribution in [3.05, 3.63) is 12.2 Å². The minimum Gasteiger partial charge on any atom is -0.384 e. The number of nitrogens with one attached hydrogen (secondary N) is 2. The third-order valence-corrected chi connectivity index (χ3v) is 2.74. The highest BCUT2D eigenvalue weighted by molar-refractivity contribution is 7.99. The topological polar surface area (TPSA) is 79.9 Å². The Bertz CT molecular complexity index is 292. The van der Waals surface area contributed by atoms with Gasteiger partial charge in [0.2, 0.25) is 5.91 Å². The van der Waals surface area contributed by atoms with Gasteiger partial charge in [-0.25, -0.2) is 4.98 Å². The lowest BCUT2D eigenvalue weighted by Gasteiger charge is -2.03. The summed E-state index contributed by atoms with van der Waals surface area (Å²) in [6, 6.07) is 0. The van der Waals surface area contributed by atoms with Crippen LogP contribution in [-0.2, 0) is 16.0 Å². The molecule has 2 N–H and O–H groups in total. The van der Waals surface area contributed by atoms with Crippen LogP contribution < -0.4 is 5.32 Å². The number of nitrogens with zero attached hydrogens (tertiary/aromatic N) is 2. The van der Waals surface area contributed by atoms with E-state index in [-0.39, 0.29) is 5.91 Å². The Morgan fingerprint density at radius 2 is 2.56 bits per heavy atom. The molecule has 6 nitrogen and oxygen atoms in total. The number of ether oxygens (including phenoxy) is 1. The van der Waals surface area contributed by atoms with E-state index in [2.05, 4.69) is 20.5 Å². The molecule has 0 saturated heterocycles. The Morgan fingerprint density at radius 3 is 3.25 bits per heavy atom. The first kappa shape index (κ1) is 13.0. The quantitative estimate of drug-likeness (QED) is 0.621. The van der Waals surface area contributed by atoms with E-state index in [0.717, 1.165) is 11.6 Å². The number of H-pyrrole nitrogens is 1. The molecule has 0 fully saturated rings. The third-order valence-electron chi connectivity index (χ3n) is 1.81. The van der Waals surface area contributed by atoms with Crippen molar-refractivity contribution in [2.45, 2.75) is 6.42 Å². The summed E-state index contributed by atoms with van der Waals surface area (Å²) in [5.41, 5.74) is 0. The Balaban J connectivity index is 1.98. The fourth-order valence-electron chi connectivity index (χ4n) is 1.03. The van der Waals surface area contributed by atoms with E-state index >= 15 is 0 Å². The van der Waals surface area contributed by atoms with Gasteiger partial charge in [0.15, 0.2) is 0 Å². The van der Waals surface area contributed by atoms with E-state index in [1.54, 1.807) is 18.9 Å². The first-order chi connectivity index (χ1) is 7.83. The zero-order valence-electron chi connectivity index (χ0n) is 9.23. The number of methoxy groups -OCH3 is 1. The van der Waals surface area contributed by atoms with Crippen molar-refractivity contribution in [3.8, 4) is 0 Å². The van der Waals surface area contributed by atoms with Gasteiger partial charge >= 0.3 is 0 Å². The van der Waals surface area contributed by atoms with E-state index in [1.807, 2.05) is 0 Å². The lowest BCUT2D eigenvalue weighted by molar-refractivity contribution is -0.118. The normalized spacial score (nSPS) is 10.3. The van der Waals surface area contributed by atoms with Crippen molar-refractivity contribution in [3.63, 3.8) is 0 Å². The van der Waals surface area contributed by atoms with E-state index in [9.17, 15) is 4.79 Å². The Labute approximate surface area is 98.6 Å². The minimum atomic E-state index is 0.0422. The van der Waals surface area contributed by atoms with Crippen molar-refractivity contribution in [2.24, 2.45) is 0 Å². The number of rotatable bonds is 8. The molecule has 1 aromatic heterocycles. The zero-order valence-corrected chi connectivity index (χ0v) is 10.0. The number of hydrogen-bond acceptors (Lipinski definition) is 5. The lowest BCUT2D eigenvalue weighted by atomic mass is 10.4. The molecule has 0 spiro atoms. The highest BCUT2D eigenvalue weighted by Crippen LogP contribution is 1.98. The maximum atomic E-state index is 11.3. The summed E-state index contributed by atoms with van der Waals surface area (Å²) in [6.07, 6.45) is 2.13. The molecule has 0 aliphatic rings. The van der Waals surface area contributed by atoms with Crippen LogP contribution in [0.4, 0.5) is 0 Å². The molecule has 0 bridgehead atoms. The zero-order chi connectivity index (χ0) is 11.6. The molecule has 1 heterocycles. The molecule has 90 valence electrons. The standard InChI is InChI=1S/C9H16N4O2S/c1-15-4-5-16-6-9(14)10-3-2-8-11-7-12-13-8/h7H,2-6H2,1H3,(H,10,14)(H,11,12,13). The summed E-state index contributed by atoms with van der Waals surface area (Å²) >= 11 is 1.56. The van der Waals surface area contributed by atoms with E-state index < -0.39 is 0 Å². The Hall–Kier alpha value is -1.08. The van der Waals surface area contributed by atoms with Crippen molar-refractivity contribution in [2.75, 3.05) is 31.8 Å². The van der Waals surface area contributed by atoms with Gasteiger partial charge in [0, 0.05) is 25.8 Å². The summed E-state index contributed by atoms with van der Waals surface area (Å²) < 4.78 is 4.88. The monoisotopic (exact) mass is 244 g/mol. The van der Waals surface area contributed by atoms with Crippen LogP contribution in [0.2, 0.25) is 0 Å². The predicted molar refractivity (Wildman–Crippen MR) is 62.3 cm³/mol. The summed E-state index contributed by atoms with van der Waals surface area (Å²) in [5.74, 6) is 2.14. The molecule has 0 aromatic carbocycles. The summed E-state index contributed by atoms with van der Waals surface area (Å²) in [6.45, 7) is 1.26. The predicted octanol–water partition coefficient (Wildman–Crippen LogP) is -0.157. The molecule has 1 rings (SSSR count). The van der Waals surface area contributed by atoms with Gasteiger partial charge in [-0.1, -0.05) is 0 Å². The second-order valence-corrected chi connectivity index (χ2v) is 4.18. The van der Waals surface area contributed by atoms with Crippen molar-refractivity contribution in [1.29, 1.82) is 0 Å². The first-order valence-corrected chi connectivity index (χ1v) is 6.16. The lowest BCUT2D eigenvalue weighted by Crippen LogP contribution is -2.27. The fraction of sp³-hybridized carbons (Fsp3) is 0.667. The molecule has 0 aliphatic carbocycles. The average molecular weight is 244 g/mol. The molecule has 7 heteroatoms. The van der Waals surface area contributed by atoms with Gasteiger partial charge in [0.05, 0.1) is 12.4 Å². The van der Waals surface area contributed by atoms with Crippen LogP contribution in [0.25, 0.3) is 0 Å². The van der Waals surface area contributed by atoms with Crippen molar-refractivity contribution in [1.82, 2.24) is 20.5 Å². The van der Waals surface area contributed by atoms with Gasteiger partial charge in [0.1, 0.15) is 12.2 Å². The molecular weight excluding hydrogens is 228 g/mol. The summed E-state index contributed by atoms with van der Waals surface area (Å²) in [7, 11) is 1.65. The molecule has 0 saturated carbocycles. The SMILES string of the molecule is COCCSCC(=O)NCCc1ncn[nH]1. The number of aromatic amines is 1. The molecule has 0 atom stereocenters. The number of amides is 1. The Kier molecular flexibility index (Phi) is 6.59. The Morgan fingerprint density at radius 1 is 1.69 bits per heavy atom. The molecule has 0 unspecified atom stereocenters. The molecular formula is C9H16N4O2S. The van der Waals surface area contributed by atoms with Crippen LogP contribution >= 0.6 is 11.8 Å². The summed E-state index contributed by atoms with van der Waals surface area (Å²) in [4.78, 5) is 15.3. The first-order valence-electron chi connectivity index (χ1n) is 5.00. The fourth-order valence-corrected chi connectivity index (χ4v) is 1.75. The van der Waals surface area contributed by atoms with Gasteiger partial charge in [0.25, 0.3) is 0 Å². The van der Waals surface area contributed by atoms with Crippen LogP contribution in [0, 0.1) is 0 Å². The highest BCUT2D eigenvalue weighted by Gasteiger charge is 2.01. The van der Waals surface area contributed by atoms with Crippen LogP contribution in [0.5, 0.6) is 0 Å². The highest BCUT2D eigenvalue weighted by atomic mass is 32.2. The van der Waals surface area contributed by atoms with Gasteiger partial charge < -0.3 is 10.1 Å². The maximum Gasteiger partial charge on any atom is 0.230 e. The van der Waals surface area contributed by atoms with Crippen molar-refractivity contribution >= 4 is 17.7 Å². The van der Waals surface area contributed by atoms with Crippen LogP contribution in [0.1, 0.15) is 5.82 Å². The van der Waals surface area contributed by atoms with Crippen LogP contribution in [-0.4, -0.2) is 52.9 Å². The largest absolute Gasteiger partial charge is 0.384 e. The average Bonchev–Trinajstić information content (AvgIpc) is 2.77. The van der Waals surface area contributed by atoms with Gasteiger partial charge in [-0.3, -0.25) is 9.89 Å². The van der Waals surface area contributed by atoms with Crippen LogP contribution in [0.3, 0.4) is 0 Å². The number of thioether (sulfide) groups is 1. The minimum absolute atomic E-state index is 0.0422. The van der Waals surface area contributed by atoms with E-state index in [0.29, 0.717) is 25.3 Å². The third kappa shape index (κ3) is 5.72. The second-order valence-electron chi connectivity index (χ2n) is 3.08. The molecule has 1 amide bonds. The van der Waals surface area contributed by atoms with Gasteiger partial charge in [-0.2, -0.15) is 5.10 Å². The van der Waals surface area contributed by atoms with Crippen molar-refractivity contribution < 1.29 is 9.53 Å². The van der Waals surface area contributed by atoms with Gasteiger partial charge in [-0.05, 0) is 0 Å². The molecule has 0 aliphatic heterocycles. The number of carbonyl (C=O) groups is 1. The molecule has 1 aromatic rings. The van der Waals surface area contributed by atoms with Gasteiger partial charge in [-0.15, -0.1) is 11.8 Å². The van der Waals surface area contributed by atoms with E-state index in [4.69, 9.17) is 4.74 Å². The number of hydrogen-bond donors (Lipinski definition) is 2.